The molecule has 0 aromatic heterocycles. The van der Waals surface area contributed by atoms with E-state index in [2.05, 4.69) is 52.0 Å². The molecular formula is C79H150O17P2. The van der Waals surface area contributed by atoms with Crippen molar-refractivity contribution in [3.8, 4) is 0 Å². The van der Waals surface area contributed by atoms with Crippen molar-refractivity contribution >= 4 is 39.5 Å². The van der Waals surface area contributed by atoms with Crippen LogP contribution in [0.5, 0.6) is 0 Å². The van der Waals surface area contributed by atoms with Crippen molar-refractivity contribution in [1.82, 2.24) is 0 Å². The van der Waals surface area contributed by atoms with E-state index >= 15 is 0 Å². The lowest BCUT2D eigenvalue weighted by molar-refractivity contribution is -0.161. The van der Waals surface area contributed by atoms with Crippen LogP contribution >= 0.6 is 15.6 Å². The number of aliphatic hydroxyl groups is 1. The van der Waals surface area contributed by atoms with Gasteiger partial charge < -0.3 is 33.8 Å². The summed E-state index contributed by atoms with van der Waals surface area (Å²) < 4.78 is 68.6. The Morgan fingerprint density at radius 2 is 0.500 bits per heavy atom. The van der Waals surface area contributed by atoms with E-state index in [4.69, 9.17) is 37.0 Å². The summed E-state index contributed by atoms with van der Waals surface area (Å²) in [5.41, 5.74) is 0. The predicted octanol–water partition coefficient (Wildman–Crippen LogP) is 23.3. The highest BCUT2D eigenvalue weighted by Gasteiger charge is 2.30. The summed E-state index contributed by atoms with van der Waals surface area (Å²) in [7, 11) is -9.93. The molecular weight excluding hydrogens is 1280 g/mol. The summed E-state index contributed by atoms with van der Waals surface area (Å²) in [4.78, 5) is 73.0. The molecule has 0 rings (SSSR count). The highest BCUT2D eigenvalue weighted by Crippen LogP contribution is 2.45. The summed E-state index contributed by atoms with van der Waals surface area (Å²) in [6.07, 6.45) is 67.2. The van der Waals surface area contributed by atoms with E-state index in [0.717, 1.165) is 109 Å². The van der Waals surface area contributed by atoms with Crippen LogP contribution in [-0.2, 0) is 65.4 Å². The molecule has 0 aromatic carbocycles. The number of allylic oxidation sites excluding steroid dienone is 4. The smallest absolute Gasteiger partial charge is 0.462 e. The first-order chi connectivity index (χ1) is 47.7. The van der Waals surface area contributed by atoms with Gasteiger partial charge in [-0.05, 0) is 57.8 Å². The van der Waals surface area contributed by atoms with E-state index in [0.29, 0.717) is 25.7 Å². The van der Waals surface area contributed by atoms with Crippen molar-refractivity contribution in [2.24, 2.45) is 0 Å². The van der Waals surface area contributed by atoms with Crippen molar-refractivity contribution in [3.05, 3.63) is 24.3 Å². The Balaban J connectivity index is 5.30. The van der Waals surface area contributed by atoms with Crippen molar-refractivity contribution in [2.75, 3.05) is 39.6 Å². The van der Waals surface area contributed by atoms with E-state index in [9.17, 15) is 43.2 Å². The number of hydrogen-bond acceptors (Lipinski definition) is 15. The van der Waals surface area contributed by atoms with E-state index in [-0.39, 0.29) is 25.7 Å². The third-order valence-corrected chi connectivity index (χ3v) is 19.9. The van der Waals surface area contributed by atoms with Crippen LogP contribution in [0.25, 0.3) is 0 Å². The Hall–Kier alpha value is -2.46. The molecule has 0 aliphatic carbocycles. The molecule has 5 atom stereocenters. The molecule has 0 aliphatic rings. The molecule has 0 heterocycles. The molecule has 578 valence electrons. The van der Waals surface area contributed by atoms with Gasteiger partial charge in [0.15, 0.2) is 12.2 Å². The average Bonchev–Trinajstić information content (AvgIpc) is 1.05. The highest BCUT2D eigenvalue weighted by molar-refractivity contribution is 7.47. The van der Waals surface area contributed by atoms with Crippen LogP contribution in [0, 0.1) is 0 Å². The second kappa shape index (κ2) is 72.9. The van der Waals surface area contributed by atoms with E-state index in [1.165, 1.54) is 212 Å². The number of aliphatic hydroxyl groups excluding tert-OH is 1. The molecule has 0 amide bonds. The van der Waals surface area contributed by atoms with E-state index in [1.807, 2.05) is 0 Å². The number of phosphoric ester groups is 2. The first kappa shape index (κ1) is 95.5. The maximum atomic E-state index is 13.1. The first-order valence-corrected chi connectivity index (χ1v) is 43.6. The van der Waals surface area contributed by atoms with Crippen LogP contribution in [0.4, 0.5) is 0 Å². The minimum atomic E-state index is -4.97. The predicted molar refractivity (Wildman–Crippen MR) is 400 cm³/mol. The fourth-order valence-corrected chi connectivity index (χ4v) is 13.3. The molecule has 0 saturated heterocycles. The molecule has 0 saturated carbocycles. The fraction of sp³-hybridized carbons (Fsp3) is 0.899. The standard InChI is InChI=1S/C79H150O17P2/c1-5-9-13-17-21-25-29-33-36-40-44-48-52-56-60-64-77(82)90-70-75(96-79(84)66-62-58-54-50-46-42-38-35-31-27-23-19-15-11-7-3)72-94-98(87,88)92-68-73(80)67-91-97(85,86)93-71-74(69-89-76(81)63-59-55-51-47-43-39-32-28-24-20-16-12-8-4)95-78(83)65-61-57-53-49-45-41-37-34-30-26-22-18-14-10-6-2/h22,26,34,37,73-75,80H,5-21,23-25,27-33,35-36,38-72H2,1-4H3,(H,85,86)(H,87,88)/b26-22-,37-34-/t73-,74+,75+/m0/s1. The van der Waals surface area contributed by atoms with Gasteiger partial charge in [-0.15, -0.1) is 0 Å². The first-order valence-electron chi connectivity index (χ1n) is 40.6. The van der Waals surface area contributed by atoms with Crippen molar-refractivity contribution < 1.29 is 80.2 Å². The molecule has 19 heteroatoms. The number of carbonyl (C=O) groups excluding carboxylic acids is 4. The SMILES string of the molecule is CCCCC/C=C\C/C=C\CCCCCCCC(=O)O[C@H](COC(=O)CCCCCCCCCCCCCCC)COP(=O)(O)OC[C@H](O)COP(=O)(O)OC[C@@H](COC(=O)CCCCCCCCCCCCCCCCC)OC(=O)CCCCCCCCCCCCCCCCC. The average molecular weight is 1430 g/mol. The highest BCUT2D eigenvalue weighted by atomic mass is 31.2. The summed E-state index contributed by atoms with van der Waals surface area (Å²) in [6, 6.07) is 0. The Kier molecular flexibility index (Phi) is 71.0. The lowest BCUT2D eigenvalue weighted by atomic mass is 10.0. The molecule has 3 N–H and O–H groups in total. The Morgan fingerprint density at radius 3 is 0.776 bits per heavy atom. The van der Waals surface area contributed by atoms with Gasteiger partial charge in [-0.1, -0.05) is 341 Å². The van der Waals surface area contributed by atoms with Gasteiger partial charge in [0, 0.05) is 25.7 Å². The van der Waals surface area contributed by atoms with Gasteiger partial charge in [0.2, 0.25) is 0 Å². The quantitative estimate of drug-likeness (QED) is 0.0169. The van der Waals surface area contributed by atoms with Gasteiger partial charge in [-0.3, -0.25) is 37.3 Å². The molecule has 0 fully saturated rings. The van der Waals surface area contributed by atoms with Crippen LogP contribution in [0.1, 0.15) is 400 Å². The van der Waals surface area contributed by atoms with Crippen molar-refractivity contribution in [3.63, 3.8) is 0 Å². The summed E-state index contributed by atoms with van der Waals surface area (Å²) in [6.45, 7) is 4.95. The number of unbranched alkanes of at least 4 members (excludes halogenated alkanes) is 48. The topological polar surface area (TPSA) is 237 Å². The van der Waals surface area contributed by atoms with Gasteiger partial charge in [-0.25, -0.2) is 9.13 Å². The third kappa shape index (κ3) is 71.9. The molecule has 0 spiro atoms. The van der Waals surface area contributed by atoms with Gasteiger partial charge >= 0.3 is 39.5 Å². The normalized spacial score (nSPS) is 14.0. The summed E-state index contributed by atoms with van der Waals surface area (Å²) >= 11 is 0. The monoisotopic (exact) mass is 1430 g/mol. The van der Waals surface area contributed by atoms with E-state index < -0.39 is 97.5 Å². The molecule has 0 aromatic rings. The molecule has 98 heavy (non-hydrogen) atoms. The third-order valence-electron chi connectivity index (χ3n) is 17.9. The van der Waals surface area contributed by atoms with Crippen LogP contribution in [0.3, 0.4) is 0 Å². The second-order valence-electron chi connectivity index (χ2n) is 27.7. The minimum absolute atomic E-state index is 0.0876. The van der Waals surface area contributed by atoms with Crippen LogP contribution in [-0.4, -0.2) is 96.7 Å². The number of ether oxygens (including phenoxy) is 4. The van der Waals surface area contributed by atoms with Gasteiger partial charge in [0.25, 0.3) is 0 Å². The molecule has 2 unspecified atom stereocenters. The lowest BCUT2D eigenvalue weighted by Gasteiger charge is -2.21. The molecule has 17 nitrogen and oxygen atoms in total. The molecule has 0 radical (unpaired) electrons. The second-order valence-corrected chi connectivity index (χ2v) is 30.6. The number of carbonyl (C=O) groups is 4. The molecule has 0 aliphatic heterocycles. The maximum Gasteiger partial charge on any atom is 0.472 e. The largest absolute Gasteiger partial charge is 0.472 e. The Morgan fingerprint density at radius 1 is 0.286 bits per heavy atom. The molecule has 0 bridgehead atoms. The van der Waals surface area contributed by atoms with Crippen LogP contribution in [0.2, 0.25) is 0 Å². The number of hydrogen-bond donors (Lipinski definition) is 3. The lowest BCUT2D eigenvalue weighted by Crippen LogP contribution is -2.30. The zero-order valence-corrected chi connectivity index (χ0v) is 65.0. The van der Waals surface area contributed by atoms with Crippen molar-refractivity contribution in [2.45, 2.75) is 418 Å². The van der Waals surface area contributed by atoms with Crippen LogP contribution in [0.15, 0.2) is 24.3 Å². The zero-order chi connectivity index (χ0) is 71.8. The van der Waals surface area contributed by atoms with Gasteiger partial charge in [-0.2, -0.15) is 0 Å². The number of esters is 4. The van der Waals surface area contributed by atoms with E-state index in [1.54, 1.807) is 0 Å². The number of phosphoric acid groups is 2. The summed E-state index contributed by atoms with van der Waals surface area (Å²) in [5.74, 6) is -2.13. The van der Waals surface area contributed by atoms with Gasteiger partial charge in [0.1, 0.15) is 19.3 Å². The maximum absolute atomic E-state index is 13.1. The Labute approximate surface area is 599 Å². The summed E-state index contributed by atoms with van der Waals surface area (Å²) in [5, 5.41) is 10.6. The zero-order valence-electron chi connectivity index (χ0n) is 63.2. The number of rotatable bonds is 78. The minimum Gasteiger partial charge on any atom is -0.462 e. The van der Waals surface area contributed by atoms with Crippen molar-refractivity contribution in [1.29, 1.82) is 0 Å². The van der Waals surface area contributed by atoms with Gasteiger partial charge in [0.05, 0.1) is 26.4 Å². The Bertz CT molecular complexity index is 1950. The van der Waals surface area contributed by atoms with Crippen LogP contribution < -0.4 is 0 Å². The fourth-order valence-electron chi connectivity index (χ4n) is 11.7.